The summed E-state index contributed by atoms with van der Waals surface area (Å²) in [6.07, 6.45) is 3.67. The first kappa shape index (κ1) is 17.6. The van der Waals surface area contributed by atoms with Crippen LogP contribution in [0.4, 0.5) is 5.69 Å². The first-order valence-electron chi connectivity index (χ1n) is 7.76. The van der Waals surface area contributed by atoms with Crippen molar-refractivity contribution in [3.63, 3.8) is 0 Å². The van der Waals surface area contributed by atoms with Crippen molar-refractivity contribution in [2.24, 2.45) is 0 Å². The van der Waals surface area contributed by atoms with Crippen molar-refractivity contribution in [1.29, 1.82) is 0 Å². The molecule has 7 heteroatoms. The maximum absolute atomic E-state index is 12.0. The van der Waals surface area contributed by atoms with Gasteiger partial charge in [0.1, 0.15) is 5.57 Å². The Morgan fingerprint density at radius 2 is 1.80 bits per heavy atom. The molecule has 0 bridgehead atoms. The third-order valence-electron chi connectivity index (χ3n) is 4.58. The molecule has 0 aromatic heterocycles. The maximum atomic E-state index is 12.0. The maximum Gasteiger partial charge on any atom is 0.263 e. The molecule has 2 heterocycles. The van der Waals surface area contributed by atoms with Gasteiger partial charge in [0.15, 0.2) is 5.11 Å². The Kier molecular flexibility index (Phi) is 4.21. The number of allylic oxidation sites excluding steroid dienone is 1. The third-order valence-corrected chi connectivity index (χ3v) is 5.11. The number of halogens is 1. The van der Waals surface area contributed by atoms with E-state index in [0.29, 0.717) is 10.6 Å². The van der Waals surface area contributed by atoms with Gasteiger partial charge in [0, 0.05) is 23.3 Å². The number of thiocarbonyl (C=S) groups is 1. The van der Waals surface area contributed by atoms with Gasteiger partial charge >= 0.3 is 0 Å². The Hall–Kier alpha value is -2.18. The summed E-state index contributed by atoms with van der Waals surface area (Å²) in [6, 6.07) is 3.76. The molecule has 1 aromatic carbocycles. The number of fused-ring (bicyclic) bond motifs is 1. The van der Waals surface area contributed by atoms with Gasteiger partial charge in [-0.15, -0.1) is 0 Å². The monoisotopic (exact) mass is 375 g/mol. The zero-order chi connectivity index (χ0) is 18.5. The number of nitrogens with one attached hydrogen (secondary N) is 2. The predicted octanol–water partition coefficient (Wildman–Crippen LogP) is 2.89. The van der Waals surface area contributed by atoms with Crippen LogP contribution < -0.4 is 15.5 Å². The minimum atomic E-state index is -0.534. The SMILES string of the molecule is CC1=CC(C)(C)N(C)c2cc(Cl)c(C=C3C(=O)NC(=S)NC3=O)cc21. The first-order chi connectivity index (χ1) is 11.6. The highest BCUT2D eigenvalue weighted by Gasteiger charge is 2.30. The molecular weight excluding hydrogens is 358 g/mol. The number of rotatable bonds is 1. The van der Waals surface area contributed by atoms with Crippen LogP contribution in [0.3, 0.4) is 0 Å². The first-order valence-corrected chi connectivity index (χ1v) is 8.54. The smallest absolute Gasteiger partial charge is 0.263 e. The van der Waals surface area contributed by atoms with Crippen molar-refractivity contribution < 1.29 is 9.59 Å². The zero-order valence-electron chi connectivity index (χ0n) is 14.4. The molecule has 25 heavy (non-hydrogen) atoms. The lowest BCUT2D eigenvalue weighted by atomic mass is 9.88. The summed E-state index contributed by atoms with van der Waals surface area (Å²) in [4.78, 5) is 26.2. The molecule has 1 aromatic rings. The fourth-order valence-electron chi connectivity index (χ4n) is 3.06. The van der Waals surface area contributed by atoms with Crippen molar-refractivity contribution in [2.45, 2.75) is 26.3 Å². The molecule has 5 nitrogen and oxygen atoms in total. The van der Waals surface area contributed by atoms with Crippen LogP contribution in [-0.4, -0.2) is 29.5 Å². The van der Waals surface area contributed by atoms with Crippen molar-refractivity contribution in [1.82, 2.24) is 10.6 Å². The Balaban J connectivity index is 2.10. The summed E-state index contributed by atoms with van der Waals surface area (Å²) in [7, 11) is 2.01. The quantitative estimate of drug-likeness (QED) is 0.450. The molecule has 0 aliphatic carbocycles. The van der Waals surface area contributed by atoms with Gasteiger partial charge in [-0.25, -0.2) is 0 Å². The third kappa shape index (κ3) is 3.07. The number of benzene rings is 1. The number of carbonyl (C=O) groups excluding carboxylic acids is 2. The Morgan fingerprint density at radius 3 is 2.40 bits per heavy atom. The van der Waals surface area contributed by atoms with Crippen molar-refractivity contribution >= 4 is 58.1 Å². The van der Waals surface area contributed by atoms with Gasteiger partial charge in [-0.2, -0.15) is 0 Å². The molecule has 3 rings (SSSR count). The second kappa shape index (κ2) is 5.97. The van der Waals surface area contributed by atoms with E-state index in [1.165, 1.54) is 6.08 Å². The summed E-state index contributed by atoms with van der Waals surface area (Å²) in [5.41, 5.74) is 3.60. The number of hydrogen-bond donors (Lipinski definition) is 2. The van der Waals surface area contributed by atoms with E-state index >= 15 is 0 Å². The summed E-state index contributed by atoms with van der Waals surface area (Å²) in [5.74, 6) is -1.07. The van der Waals surface area contributed by atoms with E-state index in [9.17, 15) is 9.59 Å². The summed E-state index contributed by atoms with van der Waals surface area (Å²) >= 11 is 11.2. The van der Waals surface area contributed by atoms with Crippen LogP contribution in [0, 0.1) is 0 Å². The molecule has 130 valence electrons. The molecule has 0 saturated carbocycles. The minimum absolute atomic E-state index is 0.00585. The number of likely N-dealkylation sites (N-methyl/N-ethyl adjacent to an activating group) is 1. The van der Waals surface area contributed by atoms with Crippen molar-refractivity contribution in [2.75, 3.05) is 11.9 Å². The van der Waals surface area contributed by atoms with Crippen molar-refractivity contribution in [3.05, 3.63) is 39.9 Å². The number of amides is 2. The second-order valence-corrected chi connectivity index (χ2v) is 7.54. The fraction of sp³-hybridized carbons (Fsp3) is 0.278. The van der Waals surface area contributed by atoms with E-state index < -0.39 is 11.8 Å². The molecule has 2 amide bonds. The minimum Gasteiger partial charge on any atom is -0.365 e. The molecule has 2 aliphatic rings. The Labute approximate surface area is 156 Å². The molecule has 0 unspecified atom stereocenters. The molecule has 2 aliphatic heterocycles. The highest BCUT2D eigenvalue weighted by atomic mass is 35.5. The van der Waals surface area contributed by atoms with E-state index in [-0.39, 0.29) is 16.2 Å². The largest absolute Gasteiger partial charge is 0.365 e. The molecule has 2 N–H and O–H groups in total. The number of hydrogen-bond acceptors (Lipinski definition) is 4. The van der Waals surface area contributed by atoms with Crippen LogP contribution in [0.1, 0.15) is 31.9 Å². The van der Waals surface area contributed by atoms with Gasteiger partial charge in [0.25, 0.3) is 11.8 Å². The Morgan fingerprint density at radius 1 is 1.20 bits per heavy atom. The molecule has 0 radical (unpaired) electrons. The summed E-state index contributed by atoms with van der Waals surface area (Å²) < 4.78 is 0. The molecular formula is C18H18ClN3O2S. The van der Waals surface area contributed by atoms with Gasteiger partial charge in [-0.3, -0.25) is 20.2 Å². The lowest BCUT2D eigenvalue weighted by molar-refractivity contribution is -0.123. The average molecular weight is 376 g/mol. The van der Waals surface area contributed by atoms with E-state index in [1.54, 1.807) is 0 Å². The van der Waals surface area contributed by atoms with Gasteiger partial charge in [0.2, 0.25) is 0 Å². The lowest BCUT2D eigenvalue weighted by Crippen LogP contribution is -2.51. The number of nitrogens with zero attached hydrogens (tertiary/aromatic N) is 1. The van der Waals surface area contributed by atoms with Crippen LogP contribution >= 0.6 is 23.8 Å². The van der Waals surface area contributed by atoms with E-state index in [2.05, 4.69) is 35.5 Å². The van der Waals surface area contributed by atoms with E-state index in [0.717, 1.165) is 16.8 Å². The zero-order valence-corrected chi connectivity index (χ0v) is 15.9. The van der Waals surface area contributed by atoms with E-state index in [1.807, 2.05) is 26.1 Å². The highest BCUT2D eigenvalue weighted by Crippen LogP contribution is 2.40. The standard InChI is InChI=1S/C18H18ClN3O2S/c1-9-8-18(2,3)22(4)14-7-13(19)10(5-11(9)14)6-12-15(23)20-17(25)21-16(12)24/h5-8H,1-4H3,(H2,20,21,23,24,25). The number of anilines is 1. The van der Waals surface area contributed by atoms with Crippen LogP contribution in [0.15, 0.2) is 23.8 Å². The highest BCUT2D eigenvalue weighted by molar-refractivity contribution is 7.80. The van der Waals surface area contributed by atoms with E-state index in [4.69, 9.17) is 23.8 Å². The fourth-order valence-corrected chi connectivity index (χ4v) is 3.46. The van der Waals surface area contributed by atoms with Gasteiger partial charge in [-0.05, 0) is 62.3 Å². The molecule has 1 fully saturated rings. The number of carbonyl (C=O) groups is 2. The van der Waals surface area contributed by atoms with Crippen LogP contribution in [0.5, 0.6) is 0 Å². The van der Waals surface area contributed by atoms with Gasteiger partial charge < -0.3 is 4.90 Å². The molecule has 0 atom stereocenters. The summed E-state index contributed by atoms with van der Waals surface area (Å²) in [6.45, 7) is 6.29. The topological polar surface area (TPSA) is 61.4 Å². The van der Waals surface area contributed by atoms with Crippen LogP contribution in [-0.2, 0) is 9.59 Å². The average Bonchev–Trinajstić information content (AvgIpc) is 2.49. The molecule has 0 spiro atoms. The summed E-state index contributed by atoms with van der Waals surface area (Å²) in [5, 5.41) is 5.31. The van der Waals surface area contributed by atoms with Crippen LogP contribution in [0.2, 0.25) is 5.02 Å². The second-order valence-electron chi connectivity index (χ2n) is 6.73. The molecule has 1 saturated heterocycles. The lowest BCUT2D eigenvalue weighted by Gasteiger charge is -2.40. The van der Waals surface area contributed by atoms with Crippen LogP contribution in [0.25, 0.3) is 11.6 Å². The normalized spacial score (nSPS) is 19.1. The van der Waals surface area contributed by atoms with Crippen molar-refractivity contribution in [3.8, 4) is 0 Å². The van der Waals surface area contributed by atoms with Gasteiger partial charge in [0.05, 0.1) is 5.54 Å². The predicted molar refractivity (Wildman–Crippen MR) is 104 cm³/mol. The Bertz CT molecular complexity index is 865. The van der Waals surface area contributed by atoms with Gasteiger partial charge in [-0.1, -0.05) is 17.7 Å².